The van der Waals surface area contributed by atoms with Crippen molar-refractivity contribution in [1.82, 2.24) is 0 Å². The van der Waals surface area contributed by atoms with Gasteiger partial charge >= 0.3 is 5.97 Å². The minimum absolute atomic E-state index is 0.466. The number of esters is 1. The van der Waals surface area contributed by atoms with Gasteiger partial charge in [-0.1, -0.05) is 11.6 Å². The second-order valence-corrected chi connectivity index (χ2v) is 3.21. The average molecular weight is 237 g/mol. The summed E-state index contributed by atoms with van der Waals surface area (Å²) in [7, 11) is 1.29. The Labute approximate surface area is 98.1 Å². The molecule has 1 N–H and O–H groups in total. The van der Waals surface area contributed by atoms with Gasteiger partial charge in [0.25, 0.3) is 0 Å². The first-order valence-electron chi connectivity index (χ1n) is 4.38. The van der Waals surface area contributed by atoms with Crippen LogP contribution in [0.2, 0.25) is 5.02 Å². The molecule has 0 aliphatic heterocycles. The van der Waals surface area contributed by atoms with E-state index in [2.05, 4.69) is 10.1 Å². The van der Waals surface area contributed by atoms with E-state index in [9.17, 15) is 4.79 Å². The maximum absolute atomic E-state index is 10.8. The summed E-state index contributed by atoms with van der Waals surface area (Å²) in [4.78, 5) is 10.8. The maximum Gasteiger partial charge on any atom is 0.331 e. The van der Waals surface area contributed by atoms with Crippen LogP contribution in [0.4, 0.5) is 5.69 Å². The highest BCUT2D eigenvalue weighted by Crippen LogP contribution is 2.22. The summed E-state index contributed by atoms with van der Waals surface area (Å²) in [6.07, 6.45) is 2.61. The largest absolute Gasteiger partial charge is 0.466 e. The third-order valence-electron chi connectivity index (χ3n) is 1.75. The average Bonchev–Trinajstić information content (AvgIpc) is 2.31. The smallest absolute Gasteiger partial charge is 0.331 e. The van der Waals surface area contributed by atoms with E-state index in [4.69, 9.17) is 16.9 Å². The van der Waals surface area contributed by atoms with Crippen LogP contribution in [0.15, 0.2) is 30.5 Å². The Morgan fingerprint density at radius 3 is 3.00 bits per heavy atom. The number of nitrogens with one attached hydrogen (secondary N) is 1. The lowest BCUT2D eigenvalue weighted by atomic mass is 10.2. The van der Waals surface area contributed by atoms with Gasteiger partial charge in [0.15, 0.2) is 0 Å². The first kappa shape index (κ1) is 12.1. The minimum Gasteiger partial charge on any atom is -0.466 e. The van der Waals surface area contributed by atoms with Crippen LogP contribution in [0.3, 0.4) is 0 Å². The topological polar surface area (TPSA) is 62.1 Å². The van der Waals surface area contributed by atoms with E-state index in [1.807, 2.05) is 6.07 Å². The monoisotopic (exact) mass is 236 g/mol. The van der Waals surface area contributed by atoms with Crippen LogP contribution in [0.25, 0.3) is 0 Å². The van der Waals surface area contributed by atoms with E-state index in [0.717, 1.165) is 0 Å². The number of ether oxygens (including phenoxy) is 1. The molecular formula is C11H9ClN2O2. The van der Waals surface area contributed by atoms with Crippen molar-refractivity contribution >= 4 is 23.3 Å². The molecule has 0 saturated heterocycles. The lowest BCUT2D eigenvalue weighted by Crippen LogP contribution is -1.97. The summed E-state index contributed by atoms with van der Waals surface area (Å²) in [5.74, 6) is -0.472. The van der Waals surface area contributed by atoms with Crippen molar-refractivity contribution in [2.45, 2.75) is 0 Å². The highest BCUT2D eigenvalue weighted by atomic mass is 35.5. The molecule has 0 atom stereocenters. The van der Waals surface area contributed by atoms with E-state index >= 15 is 0 Å². The standard InChI is InChI=1S/C11H9ClN2O2/c1-16-11(15)4-5-14-10-6-8(7-13)2-3-9(10)12/h2-6,14H,1H3/b5-4+. The first-order valence-corrected chi connectivity index (χ1v) is 4.76. The predicted octanol–water partition coefficient (Wildman–Crippen LogP) is 2.31. The second kappa shape index (κ2) is 5.79. The van der Waals surface area contributed by atoms with Crippen LogP contribution in [0.5, 0.6) is 0 Å². The highest BCUT2D eigenvalue weighted by molar-refractivity contribution is 6.33. The quantitative estimate of drug-likeness (QED) is 0.646. The van der Waals surface area contributed by atoms with E-state index in [1.165, 1.54) is 19.4 Å². The van der Waals surface area contributed by atoms with Gasteiger partial charge in [-0.2, -0.15) is 5.26 Å². The SMILES string of the molecule is COC(=O)/C=C/Nc1cc(C#N)ccc1Cl. The number of nitriles is 1. The highest BCUT2D eigenvalue weighted by Gasteiger charge is 2.00. The van der Waals surface area contributed by atoms with Gasteiger partial charge in [-0.25, -0.2) is 4.79 Å². The number of anilines is 1. The Morgan fingerprint density at radius 2 is 2.38 bits per heavy atom. The fourth-order valence-electron chi connectivity index (χ4n) is 0.973. The fourth-order valence-corrected chi connectivity index (χ4v) is 1.15. The van der Waals surface area contributed by atoms with E-state index in [1.54, 1.807) is 18.2 Å². The summed E-state index contributed by atoms with van der Waals surface area (Å²) in [5, 5.41) is 11.9. The number of halogens is 1. The Morgan fingerprint density at radius 1 is 1.62 bits per heavy atom. The van der Waals surface area contributed by atoms with E-state index in [-0.39, 0.29) is 0 Å². The fraction of sp³-hybridized carbons (Fsp3) is 0.0909. The molecule has 1 aromatic carbocycles. The molecule has 82 valence electrons. The summed E-state index contributed by atoms with van der Waals surface area (Å²) < 4.78 is 4.41. The predicted molar refractivity (Wildman–Crippen MR) is 60.9 cm³/mol. The Hall–Kier alpha value is -1.99. The van der Waals surface area contributed by atoms with Gasteiger partial charge < -0.3 is 10.1 Å². The molecule has 1 aromatic rings. The number of nitrogens with zero attached hydrogens (tertiary/aromatic N) is 1. The number of hydrogen-bond donors (Lipinski definition) is 1. The van der Waals surface area contributed by atoms with Crippen LogP contribution >= 0.6 is 11.6 Å². The number of carbonyl (C=O) groups is 1. The van der Waals surface area contributed by atoms with Gasteiger partial charge in [-0.3, -0.25) is 0 Å². The van der Waals surface area contributed by atoms with Gasteiger partial charge in [0.05, 0.1) is 29.5 Å². The normalized spacial score (nSPS) is 9.81. The summed E-state index contributed by atoms with van der Waals surface area (Å²) in [6.45, 7) is 0. The number of methoxy groups -OCH3 is 1. The molecule has 0 bridgehead atoms. The molecule has 0 aliphatic carbocycles. The zero-order valence-corrected chi connectivity index (χ0v) is 9.28. The van der Waals surface area contributed by atoms with Gasteiger partial charge in [-0.05, 0) is 18.2 Å². The molecule has 1 rings (SSSR count). The Balaban J connectivity index is 2.77. The lowest BCUT2D eigenvalue weighted by molar-refractivity contribution is -0.134. The molecule has 4 nitrogen and oxygen atoms in total. The number of hydrogen-bond acceptors (Lipinski definition) is 4. The van der Waals surface area contributed by atoms with Crippen molar-refractivity contribution in [1.29, 1.82) is 5.26 Å². The summed E-state index contributed by atoms with van der Waals surface area (Å²) in [6, 6.07) is 6.79. The molecule has 16 heavy (non-hydrogen) atoms. The molecule has 0 heterocycles. The molecule has 0 radical (unpaired) electrons. The van der Waals surface area contributed by atoms with Gasteiger partial charge in [0.1, 0.15) is 0 Å². The van der Waals surface area contributed by atoms with Crippen molar-refractivity contribution in [3.05, 3.63) is 41.1 Å². The van der Waals surface area contributed by atoms with E-state index in [0.29, 0.717) is 16.3 Å². The molecule has 0 fully saturated rings. The summed E-state index contributed by atoms with van der Waals surface area (Å²) in [5.41, 5.74) is 1.04. The summed E-state index contributed by atoms with van der Waals surface area (Å²) >= 11 is 5.88. The van der Waals surface area contributed by atoms with Crippen LogP contribution in [0, 0.1) is 11.3 Å². The second-order valence-electron chi connectivity index (χ2n) is 2.81. The van der Waals surface area contributed by atoms with Crippen molar-refractivity contribution in [3.8, 4) is 6.07 Å². The van der Waals surface area contributed by atoms with Crippen molar-refractivity contribution in [3.63, 3.8) is 0 Å². The van der Waals surface area contributed by atoms with Crippen molar-refractivity contribution < 1.29 is 9.53 Å². The van der Waals surface area contributed by atoms with Crippen LogP contribution < -0.4 is 5.32 Å². The number of benzene rings is 1. The van der Waals surface area contributed by atoms with E-state index < -0.39 is 5.97 Å². The lowest BCUT2D eigenvalue weighted by Gasteiger charge is -2.03. The third-order valence-corrected chi connectivity index (χ3v) is 2.08. The number of rotatable bonds is 3. The zero-order chi connectivity index (χ0) is 12.0. The maximum atomic E-state index is 10.8. The van der Waals surface area contributed by atoms with Gasteiger partial charge in [-0.15, -0.1) is 0 Å². The minimum atomic E-state index is -0.472. The Bertz CT molecular complexity index is 464. The van der Waals surface area contributed by atoms with Crippen LogP contribution in [-0.2, 0) is 9.53 Å². The van der Waals surface area contributed by atoms with Gasteiger partial charge in [0, 0.05) is 12.3 Å². The molecule has 0 aliphatic rings. The van der Waals surface area contributed by atoms with Crippen LogP contribution in [-0.4, -0.2) is 13.1 Å². The number of carbonyl (C=O) groups excluding carboxylic acids is 1. The molecule has 0 aromatic heterocycles. The van der Waals surface area contributed by atoms with Crippen molar-refractivity contribution in [2.24, 2.45) is 0 Å². The van der Waals surface area contributed by atoms with Crippen molar-refractivity contribution in [2.75, 3.05) is 12.4 Å². The molecule has 0 unspecified atom stereocenters. The third kappa shape index (κ3) is 3.30. The molecule has 0 saturated carbocycles. The molecule has 0 amide bonds. The molecule has 5 heteroatoms. The van der Waals surface area contributed by atoms with Gasteiger partial charge in [0.2, 0.25) is 0 Å². The zero-order valence-electron chi connectivity index (χ0n) is 8.53. The first-order chi connectivity index (χ1) is 7.67. The Kier molecular flexibility index (Phi) is 4.37. The molecule has 0 spiro atoms. The molecular weight excluding hydrogens is 228 g/mol. The van der Waals surface area contributed by atoms with Crippen LogP contribution in [0.1, 0.15) is 5.56 Å².